The van der Waals surface area contributed by atoms with Gasteiger partial charge in [0.05, 0.1) is 0 Å². The van der Waals surface area contributed by atoms with Gasteiger partial charge in [0, 0.05) is 18.7 Å². The maximum absolute atomic E-state index is 12.4. The van der Waals surface area contributed by atoms with Crippen LogP contribution < -0.4 is 0 Å². The molecule has 112 valence electrons. The molecule has 2 aliphatic heterocycles. The summed E-state index contributed by atoms with van der Waals surface area (Å²) in [4.78, 5) is 24.0. The van der Waals surface area contributed by atoms with Crippen molar-refractivity contribution in [1.82, 2.24) is 4.90 Å². The Morgan fingerprint density at radius 2 is 1.95 bits per heavy atom. The minimum absolute atomic E-state index is 0.0260. The number of hydrogen-bond acceptors (Lipinski definition) is 3. The first-order chi connectivity index (χ1) is 9.29. The van der Waals surface area contributed by atoms with Crippen LogP contribution in [0, 0.1) is 0 Å². The van der Waals surface area contributed by atoms with Gasteiger partial charge >= 0.3 is 12.1 Å². The number of hydrogen-bond donors (Lipinski definition) is 1. The molecule has 1 N–H and O–H groups in total. The molecule has 2 unspecified atom stereocenters. The number of rotatable bonds is 2. The van der Waals surface area contributed by atoms with E-state index in [1.165, 1.54) is 4.90 Å². The fourth-order valence-electron chi connectivity index (χ4n) is 2.33. The van der Waals surface area contributed by atoms with E-state index in [1.807, 2.05) is 0 Å². The zero-order valence-electron chi connectivity index (χ0n) is 10.5. The molecule has 0 radical (unpaired) electrons. The number of aliphatic carboxylic acids is 1. The van der Waals surface area contributed by atoms with Crippen molar-refractivity contribution >= 4 is 11.9 Å². The van der Waals surface area contributed by atoms with E-state index in [0.717, 1.165) is 6.08 Å². The second kappa shape index (κ2) is 5.43. The van der Waals surface area contributed by atoms with Gasteiger partial charge in [-0.1, -0.05) is 6.08 Å². The summed E-state index contributed by atoms with van der Waals surface area (Å²) in [6, 6.07) is 0. The van der Waals surface area contributed by atoms with Gasteiger partial charge in [-0.15, -0.1) is 0 Å². The first kappa shape index (κ1) is 14.8. The first-order valence-electron chi connectivity index (χ1n) is 6.22. The standard InChI is InChI=1S/C12H14F3NO4/c13-12(14,15)7-3-5-16(6-4-7)10(17)8-1-2-9(20-8)11(18)19/h3,8-9H,1-2,4-6H2,(H,18,19). The van der Waals surface area contributed by atoms with Crippen LogP contribution in [-0.2, 0) is 14.3 Å². The topological polar surface area (TPSA) is 66.8 Å². The van der Waals surface area contributed by atoms with Crippen LogP contribution in [0.5, 0.6) is 0 Å². The molecule has 0 bridgehead atoms. The Labute approximate surface area is 113 Å². The lowest BCUT2D eigenvalue weighted by molar-refractivity contribution is -0.155. The number of carboxylic acid groups (broad SMARTS) is 1. The molecular weight excluding hydrogens is 279 g/mol. The molecule has 2 rings (SSSR count). The average Bonchev–Trinajstić information content (AvgIpc) is 2.86. The van der Waals surface area contributed by atoms with Crippen molar-refractivity contribution < 1.29 is 32.6 Å². The zero-order valence-corrected chi connectivity index (χ0v) is 10.5. The van der Waals surface area contributed by atoms with E-state index in [-0.39, 0.29) is 32.4 Å². The second-order valence-corrected chi connectivity index (χ2v) is 4.79. The number of alkyl halides is 3. The molecule has 1 saturated heterocycles. The van der Waals surface area contributed by atoms with Crippen LogP contribution in [-0.4, -0.2) is 53.4 Å². The van der Waals surface area contributed by atoms with Crippen LogP contribution in [0.4, 0.5) is 13.2 Å². The Hall–Kier alpha value is -1.57. The Morgan fingerprint density at radius 3 is 2.40 bits per heavy atom. The summed E-state index contributed by atoms with van der Waals surface area (Å²) in [7, 11) is 0. The van der Waals surface area contributed by atoms with Crippen molar-refractivity contribution in [2.24, 2.45) is 0 Å². The summed E-state index contributed by atoms with van der Waals surface area (Å²) in [5.41, 5.74) is -0.627. The number of nitrogens with zero attached hydrogens (tertiary/aromatic N) is 1. The van der Waals surface area contributed by atoms with Gasteiger partial charge in [0.1, 0.15) is 6.10 Å². The highest BCUT2D eigenvalue weighted by Gasteiger charge is 2.39. The number of amides is 1. The van der Waals surface area contributed by atoms with E-state index in [4.69, 9.17) is 9.84 Å². The second-order valence-electron chi connectivity index (χ2n) is 4.79. The van der Waals surface area contributed by atoms with Crippen molar-refractivity contribution in [3.63, 3.8) is 0 Å². The minimum Gasteiger partial charge on any atom is -0.479 e. The molecule has 5 nitrogen and oxygen atoms in total. The molecule has 1 fully saturated rings. The summed E-state index contributed by atoms with van der Waals surface area (Å²) in [6.45, 7) is -0.146. The Balaban J connectivity index is 1.93. The smallest absolute Gasteiger partial charge is 0.412 e. The lowest BCUT2D eigenvalue weighted by Crippen LogP contribution is -2.42. The summed E-state index contributed by atoms with van der Waals surface area (Å²) in [5, 5.41) is 8.76. The van der Waals surface area contributed by atoms with Crippen LogP contribution in [0.15, 0.2) is 11.6 Å². The van der Waals surface area contributed by atoms with Gasteiger partial charge in [-0.05, 0) is 19.3 Å². The number of carbonyl (C=O) groups excluding carboxylic acids is 1. The molecule has 2 aliphatic rings. The molecule has 0 aliphatic carbocycles. The van der Waals surface area contributed by atoms with Gasteiger partial charge in [0.15, 0.2) is 6.10 Å². The van der Waals surface area contributed by atoms with Crippen LogP contribution in [0.3, 0.4) is 0 Å². The van der Waals surface area contributed by atoms with Crippen LogP contribution >= 0.6 is 0 Å². The summed E-state index contributed by atoms with van der Waals surface area (Å²) < 4.78 is 42.4. The summed E-state index contributed by atoms with van der Waals surface area (Å²) >= 11 is 0. The van der Waals surface area contributed by atoms with Crippen LogP contribution in [0.25, 0.3) is 0 Å². The van der Waals surface area contributed by atoms with E-state index < -0.39 is 35.8 Å². The van der Waals surface area contributed by atoms with Gasteiger partial charge < -0.3 is 14.7 Å². The van der Waals surface area contributed by atoms with Crippen LogP contribution in [0.1, 0.15) is 19.3 Å². The van der Waals surface area contributed by atoms with Crippen molar-refractivity contribution in [1.29, 1.82) is 0 Å². The normalized spacial score (nSPS) is 27.4. The van der Waals surface area contributed by atoms with E-state index in [9.17, 15) is 22.8 Å². The monoisotopic (exact) mass is 293 g/mol. The summed E-state index contributed by atoms with van der Waals surface area (Å²) in [6.07, 6.45) is -4.96. The Kier molecular flexibility index (Phi) is 4.03. The third-order valence-corrected chi connectivity index (χ3v) is 3.46. The minimum atomic E-state index is -4.35. The number of carboxylic acids is 1. The van der Waals surface area contributed by atoms with Gasteiger partial charge in [-0.3, -0.25) is 4.79 Å². The van der Waals surface area contributed by atoms with E-state index in [2.05, 4.69) is 0 Å². The fourth-order valence-corrected chi connectivity index (χ4v) is 2.33. The lowest BCUT2D eigenvalue weighted by Gasteiger charge is -2.29. The molecule has 20 heavy (non-hydrogen) atoms. The van der Waals surface area contributed by atoms with Gasteiger partial charge in [0.2, 0.25) is 0 Å². The van der Waals surface area contributed by atoms with Crippen molar-refractivity contribution in [3.8, 4) is 0 Å². The third-order valence-electron chi connectivity index (χ3n) is 3.46. The lowest BCUT2D eigenvalue weighted by atomic mass is 10.1. The quantitative estimate of drug-likeness (QED) is 0.780. The van der Waals surface area contributed by atoms with Gasteiger partial charge in [-0.2, -0.15) is 13.2 Å². The molecular formula is C12H14F3NO4. The van der Waals surface area contributed by atoms with Gasteiger partial charge in [-0.25, -0.2) is 4.79 Å². The van der Waals surface area contributed by atoms with Crippen molar-refractivity contribution in [2.45, 2.75) is 37.6 Å². The Morgan fingerprint density at radius 1 is 1.30 bits per heavy atom. The highest BCUT2D eigenvalue weighted by molar-refractivity contribution is 5.83. The SMILES string of the molecule is O=C(O)C1CCC(C(=O)N2CC=C(C(F)(F)F)CC2)O1. The predicted molar refractivity (Wildman–Crippen MR) is 60.9 cm³/mol. The fraction of sp³-hybridized carbons (Fsp3) is 0.667. The molecule has 0 saturated carbocycles. The zero-order chi connectivity index (χ0) is 14.9. The number of halogens is 3. The third kappa shape index (κ3) is 3.12. The molecule has 0 aromatic heterocycles. The first-order valence-corrected chi connectivity index (χ1v) is 6.22. The molecule has 0 spiro atoms. The summed E-state index contributed by atoms with van der Waals surface area (Å²) in [5.74, 6) is -1.57. The maximum Gasteiger partial charge on any atom is 0.412 e. The highest BCUT2D eigenvalue weighted by Crippen LogP contribution is 2.31. The molecule has 1 amide bonds. The van der Waals surface area contributed by atoms with Crippen molar-refractivity contribution in [3.05, 3.63) is 11.6 Å². The van der Waals surface area contributed by atoms with E-state index in [1.54, 1.807) is 0 Å². The molecule has 2 heterocycles. The van der Waals surface area contributed by atoms with E-state index >= 15 is 0 Å². The maximum atomic E-state index is 12.4. The van der Waals surface area contributed by atoms with Gasteiger partial charge in [0.25, 0.3) is 5.91 Å². The number of ether oxygens (including phenoxy) is 1. The predicted octanol–water partition coefficient (Wildman–Crippen LogP) is 1.34. The Bertz CT molecular complexity index is 446. The number of carbonyl (C=O) groups is 2. The average molecular weight is 293 g/mol. The van der Waals surface area contributed by atoms with Crippen LogP contribution in [0.2, 0.25) is 0 Å². The van der Waals surface area contributed by atoms with Crippen molar-refractivity contribution in [2.75, 3.05) is 13.1 Å². The largest absolute Gasteiger partial charge is 0.479 e. The molecule has 0 aromatic rings. The molecule has 0 aromatic carbocycles. The molecule has 8 heteroatoms. The highest BCUT2D eigenvalue weighted by atomic mass is 19.4. The molecule has 2 atom stereocenters. The van der Waals surface area contributed by atoms with E-state index in [0.29, 0.717) is 0 Å².